The summed E-state index contributed by atoms with van der Waals surface area (Å²) >= 11 is 0. The number of anilines is 1. The number of methoxy groups -OCH3 is 1. The molecule has 0 aliphatic carbocycles. The summed E-state index contributed by atoms with van der Waals surface area (Å²) in [6.07, 6.45) is 0. The number of amides is 1. The van der Waals surface area contributed by atoms with Crippen LogP contribution in [-0.2, 0) is 4.79 Å². The highest BCUT2D eigenvalue weighted by Gasteiger charge is 2.22. The molecular weight excluding hydrogens is 236 g/mol. The van der Waals surface area contributed by atoms with Crippen molar-refractivity contribution in [3.8, 4) is 5.75 Å². The molecule has 98 valence electrons. The average Bonchev–Trinajstić information content (AvgIpc) is 2.27. The maximum absolute atomic E-state index is 11.8. The number of nitro benzene ring substituents is 1. The first-order chi connectivity index (χ1) is 8.25. The Balaban J connectivity index is 3.03. The van der Waals surface area contributed by atoms with Crippen molar-refractivity contribution in [2.75, 3.05) is 12.4 Å². The molecule has 0 unspecified atom stereocenters. The van der Waals surface area contributed by atoms with Gasteiger partial charge in [0.1, 0.15) is 0 Å². The Labute approximate surface area is 105 Å². The molecule has 18 heavy (non-hydrogen) atoms. The molecule has 0 saturated heterocycles. The highest BCUT2D eigenvalue weighted by Crippen LogP contribution is 2.30. The third-order valence-electron chi connectivity index (χ3n) is 2.31. The Morgan fingerprint density at radius 1 is 1.39 bits per heavy atom. The number of ether oxygens (including phenoxy) is 1. The zero-order valence-corrected chi connectivity index (χ0v) is 10.8. The van der Waals surface area contributed by atoms with Gasteiger partial charge in [0, 0.05) is 17.2 Å². The van der Waals surface area contributed by atoms with Crippen LogP contribution in [0.15, 0.2) is 18.2 Å². The number of carbonyl (C=O) groups is 1. The van der Waals surface area contributed by atoms with Gasteiger partial charge in [-0.3, -0.25) is 14.9 Å². The summed E-state index contributed by atoms with van der Waals surface area (Å²) in [4.78, 5) is 22.0. The van der Waals surface area contributed by atoms with E-state index in [1.807, 2.05) is 0 Å². The minimum Gasteiger partial charge on any atom is -0.490 e. The van der Waals surface area contributed by atoms with Crippen molar-refractivity contribution < 1.29 is 14.5 Å². The van der Waals surface area contributed by atoms with E-state index in [0.29, 0.717) is 5.69 Å². The van der Waals surface area contributed by atoms with Crippen LogP contribution in [0, 0.1) is 15.5 Å². The third-order valence-corrected chi connectivity index (χ3v) is 2.31. The number of hydrogen-bond donors (Lipinski definition) is 1. The number of carbonyl (C=O) groups excluding carboxylic acids is 1. The van der Waals surface area contributed by atoms with Crippen molar-refractivity contribution in [3.63, 3.8) is 0 Å². The second kappa shape index (κ2) is 5.03. The molecule has 0 aliphatic heterocycles. The van der Waals surface area contributed by atoms with Crippen molar-refractivity contribution >= 4 is 17.3 Å². The monoisotopic (exact) mass is 252 g/mol. The number of nitro groups is 1. The molecule has 0 atom stereocenters. The van der Waals surface area contributed by atoms with Gasteiger partial charge < -0.3 is 10.1 Å². The minimum absolute atomic E-state index is 0.161. The molecular formula is C12H16N2O4. The summed E-state index contributed by atoms with van der Waals surface area (Å²) < 4.78 is 4.88. The quantitative estimate of drug-likeness (QED) is 0.662. The van der Waals surface area contributed by atoms with Gasteiger partial charge in [-0.05, 0) is 12.1 Å². The van der Waals surface area contributed by atoms with Crippen molar-refractivity contribution in [2.24, 2.45) is 5.41 Å². The van der Waals surface area contributed by atoms with Crippen molar-refractivity contribution in [3.05, 3.63) is 28.3 Å². The molecule has 0 aromatic heterocycles. The number of hydrogen-bond acceptors (Lipinski definition) is 4. The van der Waals surface area contributed by atoms with Crippen LogP contribution in [0.1, 0.15) is 20.8 Å². The fraction of sp³-hybridized carbons (Fsp3) is 0.417. The van der Waals surface area contributed by atoms with Crippen LogP contribution in [0.25, 0.3) is 0 Å². The molecule has 6 nitrogen and oxygen atoms in total. The van der Waals surface area contributed by atoms with Crippen molar-refractivity contribution in [1.82, 2.24) is 0 Å². The summed E-state index contributed by atoms with van der Waals surface area (Å²) in [7, 11) is 1.36. The number of nitrogens with zero attached hydrogens (tertiary/aromatic N) is 1. The van der Waals surface area contributed by atoms with Crippen molar-refractivity contribution in [1.29, 1.82) is 0 Å². The maximum Gasteiger partial charge on any atom is 0.312 e. The average molecular weight is 252 g/mol. The van der Waals surface area contributed by atoms with Crippen LogP contribution < -0.4 is 10.1 Å². The number of rotatable bonds is 3. The Kier molecular flexibility index (Phi) is 3.90. The molecule has 0 fully saturated rings. The second-order valence-corrected chi connectivity index (χ2v) is 4.85. The van der Waals surface area contributed by atoms with E-state index in [1.165, 1.54) is 19.2 Å². The largest absolute Gasteiger partial charge is 0.490 e. The first-order valence-electron chi connectivity index (χ1n) is 5.39. The smallest absolute Gasteiger partial charge is 0.312 e. The van der Waals surface area contributed by atoms with Crippen LogP contribution in [0.4, 0.5) is 11.4 Å². The molecule has 0 spiro atoms. The van der Waals surface area contributed by atoms with Gasteiger partial charge in [0.05, 0.1) is 12.0 Å². The van der Waals surface area contributed by atoms with E-state index in [1.54, 1.807) is 26.8 Å². The van der Waals surface area contributed by atoms with E-state index >= 15 is 0 Å². The molecule has 0 aliphatic rings. The molecule has 1 rings (SSSR count). The molecule has 0 heterocycles. The standard InChI is InChI=1S/C12H16N2O4/c1-12(2,3)11(15)13-8-5-6-10(18-4)9(7-8)14(16)17/h5-7H,1-4H3,(H,13,15). The van der Waals surface area contributed by atoms with Gasteiger partial charge in [0.25, 0.3) is 0 Å². The van der Waals surface area contributed by atoms with Crippen LogP contribution in [0.3, 0.4) is 0 Å². The van der Waals surface area contributed by atoms with Gasteiger partial charge in [-0.1, -0.05) is 20.8 Å². The Hall–Kier alpha value is -2.11. The van der Waals surface area contributed by atoms with Crippen LogP contribution in [-0.4, -0.2) is 17.9 Å². The molecule has 0 radical (unpaired) electrons. The van der Waals surface area contributed by atoms with Gasteiger partial charge >= 0.3 is 5.69 Å². The normalized spacial score (nSPS) is 10.9. The third kappa shape index (κ3) is 3.19. The van der Waals surface area contributed by atoms with Gasteiger partial charge in [0.2, 0.25) is 5.91 Å². The molecule has 1 aromatic rings. The molecule has 0 bridgehead atoms. The van der Waals surface area contributed by atoms with E-state index in [-0.39, 0.29) is 17.3 Å². The SMILES string of the molecule is COc1ccc(NC(=O)C(C)(C)C)cc1[N+](=O)[O-]. The lowest BCUT2D eigenvalue weighted by molar-refractivity contribution is -0.385. The first-order valence-corrected chi connectivity index (χ1v) is 5.39. The summed E-state index contributed by atoms with van der Waals surface area (Å²) in [5.74, 6) is -0.0456. The van der Waals surface area contributed by atoms with Gasteiger partial charge in [-0.2, -0.15) is 0 Å². The Morgan fingerprint density at radius 2 is 2.00 bits per heavy atom. The van der Waals surface area contributed by atoms with Gasteiger partial charge in [-0.15, -0.1) is 0 Å². The zero-order valence-electron chi connectivity index (χ0n) is 10.8. The Morgan fingerprint density at radius 3 is 2.44 bits per heavy atom. The molecule has 1 aromatic carbocycles. The summed E-state index contributed by atoms with van der Waals surface area (Å²) in [5, 5.41) is 13.5. The molecule has 0 saturated carbocycles. The van der Waals surface area contributed by atoms with E-state index in [4.69, 9.17) is 4.74 Å². The topological polar surface area (TPSA) is 81.5 Å². The van der Waals surface area contributed by atoms with E-state index in [9.17, 15) is 14.9 Å². The predicted molar refractivity (Wildman–Crippen MR) is 67.7 cm³/mol. The summed E-state index contributed by atoms with van der Waals surface area (Å²) in [6, 6.07) is 4.30. The lowest BCUT2D eigenvalue weighted by Crippen LogP contribution is -2.27. The molecule has 6 heteroatoms. The summed E-state index contributed by atoms with van der Waals surface area (Å²) in [5.41, 5.74) is -0.360. The number of nitrogens with one attached hydrogen (secondary N) is 1. The van der Waals surface area contributed by atoms with Crippen LogP contribution in [0.2, 0.25) is 0 Å². The first kappa shape index (κ1) is 14.0. The lowest BCUT2D eigenvalue weighted by Gasteiger charge is -2.17. The van der Waals surface area contributed by atoms with E-state index < -0.39 is 10.3 Å². The summed E-state index contributed by atoms with van der Waals surface area (Å²) in [6.45, 7) is 5.29. The fourth-order valence-electron chi connectivity index (χ4n) is 1.23. The number of benzene rings is 1. The lowest BCUT2D eigenvalue weighted by atomic mass is 9.95. The van der Waals surface area contributed by atoms with Crippen LogP contribution >= 0.6 is 0 Å². The second-order valence-electron chi connectivity index (χ2n) is 4.85. The fourth-order valence-corrected chi connectivity index (χ4v) is 1.23. The van der Waals surface area contributed by atoms with Gasteiger partial charge in [0.15, 0.2) is 5.75 Å². The van der Waals surface area contributed by atoms with E-state index in [0.717, 1.165) is 0 Å². The zero-order chi connectivity index (χ0) is 13.9. The maximum atomic E-state index is 11.8. The molecule has 1 amide bonds. The Bertz CT molecular complexity index is 477. The van der Waals surface area contributed by atoms with Gasteiger partial charge in [-0.25, -0.2) is 0 Å². The van der Waals surface area contributed by atoms with Crippen LogP contribution in [0.5, 0.6) is 5.75 Å². The molecule has 1 N–H and O–H groups in total. The highest BCUT2D eigenvalue weighted by atomic mass is 16.6. The van der Waals surface area contributed by atoms with Crippen molar-refractivity contribution in [2.45, 2.75) is 20.8 Å². The minimum atomic E-state index is -0.561. The van der Waals surface area contributed by atoms with E-state index in [2.05, 4.69) is 5.32 Å². The highest BCUT2D eigenvalue weighted by molar-refractivity contribution is 5.94. The predicted octanol–water partition coefficient (Wildman–Crippen LogP) is 2.59.